The van der Waals surface area contributed by atoms with Crippen molar-refractivity contribution < 1.29 is 14.3 Å². The van der Waals surface area contributed by atoms with Gasteiger partial charge in [0.2, 0.25) is 5.88 Å². The molecule has 0 aliphatic heterocycles. The van der Waals surface area contributed by atoms with E-state index < -0.39 is 5.97 Å². The molecule has 0 bridgehead atoms. The highest BCUT2D eigenvalue weighted by Crippen LogP contribution is 2.41. The quantitative estimate of drug-likeness (QED) is 0.392. The number of nitrogens with zero attached hydrogens (tertiary/aromatic N) is 3. The van der Waals surface area contributed by atoms with Gasteiger partial charge in [0.1, 0.15) is 0 Å². The van der Waals surface area contributed by atoms with Gasteiger partial charge >= 0.3 is 5.97 Å². The molecule has 1 atom stereocenters. The van der Waals surface area contributed by atoms with Gasteiger partial charge in [-0.1, -0.05) is 30.9 Å². The molecule has 1 unspecified atom stereocenters. The van der Waals surface area contributed by atoms with Crippen molar-refractivity contribution in [2.24, 2.45) is 5.92 Å². The summed E-state index contributed by atoms with van der Waals surface area (Å²) in [6.07, 6.45) is 11.0. The lowest BCUT2D eigenvalue weighted by atomic mass is 9.77. The van der Waals surface area contributed by atoms with E-state index in [2.05, 4.69) is 9.67 Å². The molecule has 0 amide bonds. The summed E-state index contributed by atoms with van der Waals surface area (Å²) in [5.41, 5.74) is 5.34. The number of rotatable bonds is 7. The van der Waals surface area contributed by atoms with Gasteiger partial charge in [-0.05, 0) is 73.9 Å². The lowest BCUT2D eigenvalue weighted by Crippen LogP contribution is -2.26. The average molecular weight is 480 g/mol. The number of carbonyl (C=O) groups excluding carboxylic acids is 1. The Kier molecular flexibility index (Phi) is 6.86. The molecule has 0 saturated heterocycles. The number of aryl methyl sites for hydroxylation is 1. The van der Waals surface area contributed by atoms with Gasteiger partial charge in [0.25, 0.3) is 0 Å². The summed E-state index contributed by atoms with van der Waals surface area (Å²) in [4.78, 5) is 16.1. The SMILES string of the molecule is COC(=O)c1ccc(OCC(c2c3c(nn2-c2ccc(Cl)cc2)CCC3)C2CCCCC2)nc1. The molecule has 6 nitrogen and oxygen atoms in total. The zero-order valence-corrected chi connectivity index (χ0v) is 20.3. The largest absolute Gasteiger partial charge is 0.477 e. The monoisotopic (exact) mass is 479 g/mol. The van der Waals surface area contributed by atoms with Crippen molar-refractivity contribution in [3.63, 3.8) is 0 Å². The van der Waals surface area contributed by atoms with Gasteiger partial charge in [-0.2, -0.15) is 5.10 Å². The number of pyridine rings is 1. The second-order valence-corrected chi connectivity index (χ2v) is 9.68. The van der Waals surface area contributed by atoms with Gasteiger partial charge in [-0.25, -0.2) is 14.5 Å². The van der Waals surface area contributed by atoms with E-state index in [9.17, 15) is 4.79 Å². The van der Waals surface area contributed by atoms with E-state index in [4.69, 9.17) is 26.2 Å². The molecule has 7 heteroatoms. The van der Waals surface area contributed by atoms with E-state index in [-0.39, 0.29) is 5.92 Å². The number of methoxy groups -OCH3 is 1. The van der Waals surface area contributed by atoms with Crippen molar-refractivity contribution in [2.75, 3.05) is 13.7 Å². The molecule has 2 aliphatic rings. The van der Waals surface area contributed by atoms with E-state index >= 15 is 0 Å². The molecule has 34 heavy (non-hydrogen) atoms. The molecule has 2 aromatic heterocycles. The first-order valence-electron chi connectivity index (χ1n) is 12.2. The van der Waals surface area contributed by atoms with E-state index in [0.717, 1.165) is 30.0 Å². The fraction of sp³-hybridized carbons (Fsp3) is 0.444. The summed E-state index contributed by atoms with van der Waals surface area (Å²) in [6.45, 7) is 0.529. The highest BCUT2D eigenvalue weighted by atomic mass is 35.5. The molecule has 2 aliphatic carbocycles. The first-order valence-corrected chi connectivity index (χ1v) is 12.6. The van der Waals surface area contributed by atoms with Crippen LogP contribution < -0.4 is 4.74 Å². The Morgan fingerprint density at radius 2 is 1.88 bits per heavy atom. The normalized spacial score (nSPS) is 16.8. The van der Waals surface area contributed by atoms with E-state index in [1.165, 1.54) is 62.4 Å². The molecule has 2 heterocycles. The zero-order chi connectivity index (χ0) is 23.5. The van der Waals surface area contributed by atoms with Crippen molar-refractivity contribution in [3.05, 3.63) is 70.1 Å². The summed E-state index contributed by atoms with van der Waals surface area (Å²) in [5, 5.41) is 5.77. The average Bonchev–Trinajstić information content (AvgIpc) is 3.48. The fourth-order valence-electron chi connectivity index (χ4n) is 5.43. The second kappa shape index (κ2) is 10.2. The molecule has 178 valence electrons. The highest BCUT2D eigenvalue weighted by Gasteiger charge is 2.34. The van der Waals surface area contributed by atoms with Crippen LogP contribution in [0.15, 0.2) is 42.6 Å². The number of hydrogen-bond acceptors (Lipinski definition) is 5. The van der Waals surface area contributed by atoms with Crippen molar-refractivity contribution in [2.45, 2.75) is 57.3 Å². The van der Waals surface area contributed by atoms with Crippen molar-refractivity contribution in [3.8, 4) is 11.6 Å². The molecule has 1 aromatic carbocycles. The Morgan fingerprint density at radius 1 is 1.09 bits per heavy atom. The molecule has 0 spiro atoms. The minimum Gasteiger partial charge on any atom is -0.477 e. The van der Waals surface area contributed by atoms with Crippen LogP contribution in [0, 0.1) is 5.92 Å². The van der Waals surface area contributed by atoms with Crippen LogP contribution in [-0.2, 0) is 17.6 Å². The predicted octanol–water partition coefficient (Wildman–Crippen LogP) is 5.94. The van der Waals surface area contributed by atoms with Crippen LogP contribution in [0.2, 0.25) is 5.02 Å². The molecular weight excluding hydrogens is 450 g/mol. The molecular formula is C27H30ClN3O3. The lowest BCUT2D eigenvalue weighted by Gasteiger charge is -2.31. The van der Waals surface area contributed by atoms with Crippen LogP contribution in [0.3, 0.4) is 0 Å². The van der Waals surface area contributed by atoms with Gasteiger partial charge in [0, 0.05) is 23.2 Å². The van der Waals surface area contributed by atoms with Crippen LogP contribution >= 0.6 is 11.6 Å². The summed E-state index contributed by atoms with van der Waals surface area (Å²) < 4.78 is 13.2. The summed E-state index contributed by atoms with van der Waals surface area (Å²) in [7, 11) is 1.36. The Labute approximate surface area is 205 Å². The minimum atomic E-state index is -0.401. The first-order chi connectivity index (χ1) is 16.6. The van der Waals surface area contributed by atoms with Crippen LogP contribution in [-0.4, -0.2) is 34.5 Å². The number of halogens is 1. The maximum atomic E-state index is 11.7. The fourth-order valence-corrected chi connectivity index (χ4v) is 5.56. The second-order valence-electron chi connectivity index (χ2n) is 9.24. The van der Waals surface area contributed by atoms with Crippen LogP contribution in [0.5, 0.6) is 5.88 Å². The van der Waals surface area contributed by atoms with E-state index in [0.29, 0.717) is 24.0 Å². The summed E-state index contributed by atoms with van der Waals surface area (Å²) in [6, 6.07) is 11.4. The minimum absolute atomic E-state index is 0.215. The standard InChI is InChI=1S/C27H30ClN3O3/c1-33-27(32)19-10-15-25(29-16-19)34-17-23(18-6-3-2-4-7-18)26-22-8-5-9-24(22)30-31(26)21-13-11-20(28)12-14-21/h10-16,18,23H,2-9,17H2,1H3. The molecule has 1 saturated carbocycles. The van der Waals surface area contributed by atoms with Crippen molar-refractivity contribution in [1.29, 1.82) is 0 Å². The van der Waals surface area contributed by atoms with Crippen LogP contribution in [0.4, 0.5) is 0 Å². The molecule has 3 aromatic rings. The Bertz CT molecular complexity index is 1140. The van der Waals surface area contributed by atoms with Gasteiger partial charge in [0.05, 0.1) is 36.4 Å². The van der Waals surface area contributed by atoms with Crippen molar-refractivity contribution in [1.82, 2.24) is 14.8 Å². The first kappa shape index (κ1) is 22.9. The number of ether oxygens (including phenoxy) is 2. The third-order valence-corrected chi connectivity index (χ3v) is 7.41. The molecule has 1 fully saturated rings. The summed E-state index contributed by atoms with van der Waals surface area (Å²) >= 11 is 6.17. The van der Waals surface area contributed by atoms with E-state index in [1.807, 2.05) is 24.3 Å². The van der Waals surface area contributed by atoms with Gasteiger partial charge in [0.15, 0.2) is 0 Å². The Balaban J connectivity index is 1.48. The van der Waals surface area contributed by atoms with Crippen LogP contribution in [0.25, 0.3) is 5.69 Å². The topological polar surface area (TPSA) is 66.2 Å². The number of esters is 1. The summed E-state index contributed by atoms with van der Waals surface area (Å²) in [5.74, 6) is 0.868. The maximum absolute atomic E-state index is 11.7. The maximum Gasteiger partial charge on any atom is 0.339 e. The number of benzene rings is 1. The lowest BCUT2D eigenvalue weighted by molar-refractivity contribution is 0.0600. The molecule has 0 radical (unpaired) electrons. The number of fused-ring (bicyclic) bond motifs is 1. The Morgan fingerprint density at radius 3 is 2.59 bits per heavy atom. The predicted molar refractivity (Wildman–Crippen MR) is 131 cm³/mol. The zero-order valence-electron chi connectivity index (χ0n) is 19.5. The van der Waals surface area contributed by atoms with Gasteiger partial charge in [-0.15, -0.1) is 0 Å². The highest BCUT2D eigenvalue weighted by molar-refractivity contribution is 6.30. The smallest absolute Gasteiger partial charge is 0.339 e. The van der Waals surface area contributed by atoms with Gasteiger partial charge < -0.3 is 9.47 Å². The van der Waals surface area contributed by atoms with E-state index in [1.54, 1.807) is 12.1 Å². The third-order valence-electron chi connectivity index (χ3n) is 7.16. The third kappa shape index (κ3) is 4.69. The molecule has 0 N–H and O–H groups in total. The number of carbonyl (C=O) groups is 1. The van der Waals surface area contributed by atoms with Gasteiger partial charge in [-0.3, -0.25) is 0 Å². The number of hydrogen-bond donors (Lipinski definition) is 0. The van der Waals surface area contributed by atoms with Crippen LogP contribution in [0.1, 0.15) is 71.8 Å². The van der Waals surface area contributed by atoms with Crippen molar-refractivity contribution >= 4 is 17.6 Å². The molecule has 5 rings (SSSR count). The Hall–Kier alpha value is -2.86. The number of aromatic nitrogens is 3.